The molecule has 2 heterocycles. The maximum absolute atomic E-state index is 4.99. The van der Waals surface area contributed by atoms with Gasteiger partial charge in [-0.3, -0.25) is 0 Å². The van der Waals surface area contributed by atoms with Crippen molar-refractivity contribution in [3.05, 3.63) is 11.6 Å². The number of ether oxygens (including phenoxy) is 1. The van der Waals surface area contributed by atoms with Gasteiger partial charge in [0, 0.05) is 26.5 Å². The van der Waals surface area contributed by atoms with Crippen molar-refractivity contribution in [1.29, 1.82) is 0 Å². The van der Waals surface area contributed by atoms with Crippen LogP contribution < -0.4 is 0 Å². The fraction of sp³-hybridized carbons (Fsp3) is 0.778. The first-order valence-corrected chi connectivity index (χ1v) is 4.81. The van der Waals surface area contributed by atoms with Gasteiger partial charge in [0.05, 0.1) is 6.61 Å². The van der Waals surface area contributed by atoms with E-state index in [2.05, 4.69) is 10.1 Å². The van der Waals surface area contributed by atoms with E-state index in [4.69, 9.17) is 4.74 Å². The van der Waals surface area contributed by atoms with Crippen LogP contribution in [-0.4, -0.2) is 28.5 Å². The van der Waals surface area contributed by atoms with E-state index in [0.29, 0.717) is 6.61 Å². The van der Waals surface area contributed by atoms with E-state index in [1.165, 1.54) is 12.8 Å². The highest BCUT2D eigenvalue weighted by atomic mass is 16.5. The van der Waals surface area contributed by atoms with Gasteiger partial charge in [0.2, 0.25) is 0 Å². The second kappa shape index (κ2) is 3.87. The second-order valence-electron chi connectivity index (χ2n) is 3.37. The molecule has 0 saturated heterocycles. The van der Waals surface area contributed by atoms with Crippen LogP contribution in [0, 0.1) is 0 Å². The predicted octanol–water partition coefficient (Wildman–Crippen LogP) is 0.803. The largest absolute Gasteiger partial charge is 0.384 e. The molecule has 0 aromatic carbocycles. The van der Waals surface area contributed by atoms with Crippen molar-refractivity contribution in [2.45, 2.75) is 32.2 Å². The molecule has 4 heteroatoms. The molecule has 0 N–H and O–H groups in total. The summed E-state index contributed by atoms with van der Waals surface area (Å²) in [5, 5.41) is 4.41. The Morgan fingerprint density at radius 2 is 2.38 bits per heavy atom. The minimum atomic E-state index is 0.712. The number of methoxy groups -OCH3 is 1. The van der Waals surface area contributed by atoms with E-state index in [0.717, 1.165) is 31.0 Å². The Bertz CT molecular complexity index is 259. The van der Waals surface area contributed by atoms with Crippen molar-refractivity contribution in [3.63, 3.8) is 0 Å². The third-order valence-electron chi connectivity index (χ3n) is 2.34. The Morgan fingerprint density at radius 1 is 1.46 bits per heavy atom. The molecule has 0 fully saturated rings. The second-order valence-corrected chi connectivity index (χ2v) is 3.37. The zero-order valence-electron chi connectivity index (χ0n) is 7.99. The Labute approximate surface area is 77.9 Å². The summed E-state index contributed by atoms with van der Waals surface area (Å²) in [7, 11) is 1.70. The molecule has 1 aliphatic heterocycles. The van der Waals surface area contributed by atoms with Crippen molar-refractivity contribution < 1.29 is 4.74 Å². The molecule has 0 bridgehead atoms. The Balaban J connectivity index is 2.07. The van der Waals surface area contributed by atoms with Crippen LogP contribution in [0.4, 0.5) is 0 Å². The van der Waals surface area contributed by atoms with E-state index < -0.39 is 0 Å². The molecule has 0 atom stereocenters. The van der Waals surface area contributed by atoms with Gasteiger partial charge in [-0.05, 0) is 12.8 Å². The molecular weight excluding hydrogens is 166 g/mol. The van der Waals surface area contributed by atoms with Gasteiger partial charge in [0.1, 0.15) is 5.82 Å². The number of aryl methyl sites for hydroxylation is 2. The molecule has 0 amide bonds. The first-order chi connectivity index (χ1) is 6.40. The average molecular weight is 181 g/mol. The summed E-state index contributed by atoms with van der Waals surface area (Å²) in [6.07, 6.45) is 4.40. The maximum atomic E-state index is 4.99. The smallest absolute Gasteiger partial charge is 0.153 e. The summed E-state index contributed by atoms with van der Waals surface area (Å²) in [6, 6.07) is 0. The summed E-state index contributed by atoms with van der Waals surface area (Å²) in [5.74, 6) is 2.08. The number of hydrogen-bond acceptors (Lipinski definition) is 3. The summed E-state index contributed by atoms with van der Waals surface area (Å²) in [6.45, 7) is 1.75. The van der Waals surface area contributed by atoms with Gasteiger partial charge in [-0.25, -0.2) is 9.67 Å². The zero-order valence-corrected chi connectivity index (χ0v) is 7.99. The number of hydrogen-bond donors (Lipinski definition) is 0. The first-order valence-electron chi connectivity index (χ1n) is 4.81. The molecule has 1 aromatic heterocycles. The van der Waals surface area contributed by atoms with Crippen molar-refractivity contribution in [2.24, 2.45) is 0 Å². The minimum Gasteiger partial charge on any atom is -0.384 e. The monoisotopic (exact) mass is 181 g/mol. The SMILES string of the molecule is COCCc1nc2n(n1)CCCC2. The molecule has 0 radical (unpaired) electrons. The maximum Gasteiger partial charge on any atom is 0.153 e. The van der Waals surface area contributed by atoms with Crippen LogP contribution in [0.3, 0.4) is 0 Å². The zero-order chi connectivity index (χ0) is 9.10. The Kier molecular flexibility index (Phi) is 2.59. The van der Waals surface area contributed by atoms with E-state index in [9.17, 15) is 0 Å². The van der Waals surface area contributed by atoms with Crippen LogP contribution in [-0.2, 0) is 24.1 Å². The minimum absolute atomic E-state index is 0.712. The highest BCUT2D eigenvalue weighted by Crippen LogP contribution is 2.11. The van der Waals surface area contributed by atoms with Crippen molar-refractivity contribution in [2.75, 3.05) is 13.7 Å². The molecule has 72 valence electrons. The van der Waals surface area contributed by atoms with Crippen LogP contribution in [0.5, 0.6) is 0 Å². The first kappa shape index (κ1) is 8.69. The number of fused-ring (bicyclic) bond motifs is 1. The molecule has 4 nitrogen and oxygen atoms in total. The van der Waals surface area contributed by atoms with E-state index >= 15 is 0 Å². The molecule has 1 aliphatic rings. The van der Waals surface area contributed by atoms with Crippen LogP contribution in [0.1, 0.15) is 24.5 Å². The lowest BCUT2D eigenvalue weighted by molar-refractivity contribution is 0.200. The Hall–Kier alpha value is -0.900. The van der Waals surface area contributed by atoms with Crippen LogP contribution in [0.2, 0.25) is 0 Å². The van der Waals surface area contributed by atoms with Gasteiger partial charge in [0.25, 0.3) is 0 Å². The lowest BCUT2D eigenvalue weighted by Gasteiger charge is -2.09. The molecule has 0 aliphatic carbocycles. The average Bonchev–Trinajstić information content (AvgIpc) is 2.57. The number of nitrogens with zero attached hydrogens (tertiary/aromatic N) is 3. The molecular formula is C9H15N3O. The van der Waals surface area contributed by atoms with E-state index in [1.807, 2.05) is 4.68 Å². The van der Waals surface area contributed by atoms with Gasteiger partial charge in [0.15, 0.2) is 5.82 Å². The molecule has 0 saturated carbocycles. The third-order valence-corrected chi connectivity index (χ3v) is 2.34. The van der Waals surface area contributed by atoms with Crippen LogP contribution in [0.25, 0.3) is 0 Å². The van der Waals surface area contributed by atoms with Crippen molar-refractivity contribution >= 4 is 0 Å². The topological polar surface area (TPSA) is 39.9 Å². The number of rotatable bonds is 3. The third kappa shape index (κ3) is 1.88. The van der Waals surface area contributed by atoms with E-state index in [-0.39, 0.29) is 0 Å². The molecule has 1 aromatic rings. The normalized spacial score (nSPS) is 15.8. The van der Waals surface area contributed by atoms with Crippen molar-refractivity contribution in [3.8, 4) is 0 Å². The van der Waals surface area contributed by atoms with Crippen LogP contribution >= 0.6 is 0 Å². The highest BCUT2D eigenvalue weighted by Gasteiger charge is 2.12. The van der Waals surface area contributed by atoms with Gasteiger partial charge in [-0.15, -0.1) is 0 Å². The Morgan fingerprint density at radius 3 is 3.15 bits per heavy atom. The lowest BCUT2D eigenvalue weighted by Crippen LogP contribution is -2.11. The molecule has 13 heavy (non-hydrogen) atoms. The van der Waals surface area contributed by atoms with Crippen LogP contribution in [0.15, 0.2) is 0 Å². The lowest BCUT2D eigenvalue weighted by atomic mass is 10.2. The van der Waals surface area contributed by atoms with Gasteiger partial charge in [-0.1, -0.05) is 0 Å². The summed E-state index contributed by atoms with van der Waals surface area (Å²) in [4.78, 5) is 4.46. The molecule has 2 rings (SSSR count). The molecule has 0 unspecified atom stereocenters. The quantitative estimate of drug-likeness (QED) is 0.692. The predicted molar refractivity (Wildman–Crippen MR) is 48.5 cm³/mol. The van der Waals surface area contributed by atoms with Gasteiger partial charge < -0.3 is 4.74 Å². The van der Waals surface area contributed by atoms with Gasteiger partial charge in [-0.2, -0.15) is 5.10 Å². The molecule has 0 spiro atoms. The van der Waals surface area contributed by atoms with Crippen molar-refractivity contribution in [1.82, 2.24) is 14.8 Å². The fourth-order valence-corrected chi connectivity index (χ4v) is 1.63. The standard InChI is InChI=1S/C9H15N3O/c1-13-7-5-8-10-9-4-2-3-6-12(9)11-8/h2-7H2,1H3. The van der Waals surface area contributed by atoms with Gasteiger partial charge >= 0.3 is 0 Å². The summed E-state index contributed by atoms with van der Waals surface area (Å²) in [5.41, 5.74) is 0. The summed E-state index contributed by atoms with van der Waals surface area (Å²) < 4.78 is 7.02. The highest BCUT2D eigenvalue weighted by molar-refractivity contribution is 4.95. The fourth-order valence-electron chi connectivity index (χ4n) is 1.63. The summed E-state index contributed by atoms with van der Waals surface area (Å²) >= 11 is 0. The van der Waals surface area contributed by atoms with E-state index in [1.54, 1.807) is 7.11 Å². The number of aromatic nitrogens is 3.